The summed E-state index contributed by atoms with van der Waals surface area (Å²) >= 11 is 0. The molecule has 0 N–H and O–H groups in total. The Bertz CT molecular complexity index is 684. The van der Waals surface area contributed by atoms with Crippen LogP contribution >= 0.6 is 0 Å². The van der Waals surface area contributed by atoms with E-state index in [4.69, 9.17) is 4.42 Å². The molecule has 1 atom stereocenters. The van der Waals surface area contributed by atoms with Crippen molar-refractivity contribution in [2.24, 2.45) is 0 Å². The zero-order valence-corrected chi connectivity index (χ0v) is 15.0. The van der Waals surface area contributed by atoms with Gasteiger partial charge < -0.3 is 9.32 Å². The summed E-state index contributed by atoms with van der Waals surface area (Å²) in [6.07, 6.45) is 8.77. The monoisotopic (exact) mass is 342 g/mol. The van der Waals surface area contributed by atoms with Gasteiger partial charge in [0.05, 0.1) is 0 Å². The molecule has 0 aromatic carbocycles. The Labute approximate surface area is 148 Å². The van der Waals surface area contributed by atoms with E-state index in [1.165, 1.54) is 5.56 Å². The van der Waals surface area contributed by atoms with E-state index >= 15 is 0 Å². The van der Waals surface area contributed by atoms with Gasteiger partial charge in [-0.1, -0.05) is 13.8 Å². The van der Waals surface area contributed by atoms with Crippen molar-refractivity contribution in [2.75, 3.05) is 6.54 Å². The molecule has 1 fully saturated rings. The van der Waals surface area contributed by atoms with Crippen LogP contribution in [0.1, 0.15) is 62.8 Å². The van der Waals surface area contributed by atoms with E-state index in [0.717, 1.165) is 32.2 Å². The van der Waals surface area contributed by atoms with Crippen molar-refractivity contribution in [3.05, 3.63) is 41.9 Å². The first-order valence-corrected chi connectivity index (χ1v) is 9.14. The lowest BCUT2D eigenvalue weighted by molar-refractivity contribution is -0.132. The number of carbonyl (C=O) groups is 1. The SMILES string of the molecule is CC(C)c1nnc(CCC(=O)N2CCCC2CCc2ccncc2)o1. The van der Waals surface area contributed by atoms with Crippen LogP contribution in [0.15, 0.2) is 28.9 Å². The van der Waals surface area contributed by atoms with Gasteiger partial charge in [0.25, 0.3) is 0 Å². The van der Waals surface area contributed by atoms with Gasteiger partial charge in [0, 0.05) is 43.7 Å². The van der Waals surface area contributed by atoms with Gasteiger partial charge >= 0.3 is 0 Å². The number of carbonyl (C=O) groups excluding carboxylic acids is 1. The summed E-state index contributed by atoms with van der Waals surface area (Å²) in [6.45, 7) is 4.89. The Kier molecular flexibility index (Phi) is 5.79. The number of hydrogen-bond acceptors (Lipinski definition) is 5. The molecule has 25 heavy (non-hydrogen) atoms. The first-order valence-electron chi connectivity index (χ1n) is 9.14. The van der Waals surface area contributed by atoms with Gasteiger partial charge in [-0.15, -0.1) is 10.2 Å². The second-order valence-electron chi connectivity index (χ2n) is 6.97. The Morgan fingerprint density at radius 1 is 1.28 bits per heavy atom. The van der Waals surface area contributed by atoms with Crippen LogP contribution in [-0.2, 0) is 17.6 Å². The third kappa shape index (κ3) is 4.65. The molecule has 6 nitrogen and oxygen atoms in total. The summed E-state index contributed by atoms with van der Waals surface area (Å²) in [5, 5.41) is 8.06. The van der Waals surface area contributed by atoms with Crippen LogP contribution in [0, 0.1) is 0 Å². The average molecular weight is 342 g/mol. The normalized spacial score (nSPS) is 17.4. The molecule has 0 aliphatic carbocycles. The molecular weight excluding hydrogens is 316 g/mol. The summed E-state index contributed by atoms with van der Waals surface area (Å²) < 4.78 is 5.59. The van der Waals surface area contributed by atoms with Gasteiger partial charge in [0.2, 0.25) is 17.7 Å². The van der Waals surface area contributed by atoms with Gasteiger partial charge in [-0.2, -0.15) is 0 Å². The van der Waals surface area contributed by atoms with Crippen molar-refractivity contribution in [3.8, 4) is 0 Å². The molecule has 134 valence electrons. The number of amides is 1. The molecule has 0 saturated carbocycles. The maximum Gasteiger partial charge on any atom is 0.223 e. The predicted octanol–water partition coefficient (Wildman–Crippen LogP) is 3.14. The number of aryl methyl sites for hydroxylation is 2. The van der Waals surface area contributed by atoms with Crippen molar-refractivity contribution < 1.29 is 9.21 Å². The first-order chi connectivity index (χ1) is 12.1. The number of likely N-dealkylation sites (tertiary alicyclic amines) is 1. The second kappa shape index (κ2) is 8.23. The molecule has 6 heteroatoms. The van der Waals surface area contributed by atoms with Crippen LogP contribution in [0.25, 0.3) is 0 Å². The van der Waals surface area contributed by atoms with E-state index in [1.807, 2.05) is 43.3 Å². The fourth-order valence-corrected chi connectivity index (χ4v) is 3.31. The Balaban J connectivity index is 1.49. The lowest BCUT2D eigenvalue weighted by Gasteiger charge is -2.24. The number of rotatable bonds is 7. The smallest absolute Gasteiger partial charge is 0.223 e. The van der Waals surface area contributed by atoms with Crippen LogP contribution in [0.2, 0.25) is 0 Å². The van der Waals surface area contributed by atoms with Crippen LogP contribution < -0.4 is 0 Å². The molecule has 0 spiro atoms. The molecule has 1 amide bonds. The van der Waals surface area contributed by atoms with Crippen molar-refractivity contribution >= 4 is 5.91 Å². The lowest BCUT2D eigenvalue weighted by Crippen LogP contribution is -2.36. The molecule has 1 aliphatic heterocycles. The van der Waals surface area contributed by atoms with Gasteiger partial charge in [-0.3, -0.25) is 9.78 Å². The van der Waals surface area contributed by atoms with Crippen LogP contribution in [0.4, 0.5) is 0 Å². The van der Waals surface area contributed by atoms with Crippen molar-refractivity contribution in [2.45, 2.75) is 64.3 Å². The Hall–Kier alpha value is -2.24. The number of nitrogens with zero attached hydrogens (tertiary/aromatic N) is 4. The molecule has 3 rings (SSSR count). The van der Waals surface area contributed by atoms with Gasteiger partial charge in [0.1, 0.15) is 0 Å². The maximum absolute atomic E-state index is 12.6. The molecule has 2 aromatic rings. The minimum Gasteiger partial charge on any atom is -0.425 e. The van der Waals surface area contributed by atoms with E-state index in [9.17, 15) is 4.79 Å². The molecule has 3 heterocycles. The third-order valence-corrected chi connectivity index (χ3v) is 4.74. The highest BCUT2D eigenvalue weighted by atomic mass is 16.4. The highest BCUT2D eigenvalue weighted by Gasteiger charge is 2.28. The lowest BCUT2D eigenvalue weighted by atomic mass is 10.0. The molecule has 2 aromatic heterocycles. The summed E-state index contributed by atoms with van der Waals surface area (Å²) in [5.41, 5.74) is 1.28. The van der Waals surface area contributed by atoms with Gasteiger partial charge in [-0.25, -0.2) is 0 Å². The van der Waals surface area contributed by atoms with Crippen LogP contribution in [0.3, 0.4) is 0 Å². The molecule has 1 saturated heterocycles. The highest BCUT2D eigenvalue weighted by molar-refractivity contribution is 5.77. The molecular formula is C19H26N4O2. The summed E-state index contributed by atoms with van der Waals surface area (Å²) in [7, 11) is 0. The fourth-order valence-electron chi connectivity index (χ4n) is 3.31. The van der Waals surface area contributed by atoms with Gasteiger partial charge in [-0.05, 0) is 43.4 Å². The maximum atomic E-state index is 12.6. The first kappa shape index (κ1) is 17.6. The van der Waals surface area contributed by atoms with Crippen LogP contribution in [-0.4, -0.2) is 38.6 Å². The largest absolute Gasteiger partial charge is 0.425 e. The predicted molar refractivity (Wildman–Crippen MR) is 94.0 cm³/mol. The molecule has 0 bridgehead atoms. The van der Waals surface area contributed by atoms with Crippen molar-refractivity contribution in [1.82, 2.24) is 20.1 Å². The average Bonchev–Trinajstić information content (AvgIpc) is 3.28. The third-order valence-electron chi connectivity index (χ3n) is 4.74. The number of pyridine rings is 1. The van der Waals surface area contributed by atoms with E-state index in [1.54, 1.807) is 0 Å². The summed E-state index contributed by atoms with van der Waals surface area (Å²) in [4.78, 5) is 18.7. The Morgan fingerprint density at radius 2 is 2.08 bits per heavy atom. The second-order valence-corrected chi connectivity index (χ2v) is 6.97. The van der Waals surface area contributed by atoms with Crippen molar-refractivity contribution in [1.29, 1.82) is 0 Å². The highest BCUT2D eigenvalue weighted by Crippen LogP contribution is 2.23. The van der Waals surface area contributed by atoms with Gasteiger partial charge in [0.15, 0.2) is 0 Å². The molecule has 1 unspecified atom stereocenters. The quantitative estimate of drug-likeness (QED) is 0.773. The standard InChI is InChI=1S/C19H26N4O2/c1-14(2)19-22-21-17(25-19)7-8-18(24)23-13-3-4-16(23)6-5-15-9-11-20-12-10-15/h9-12,14,16H,3-8,13H2,1-2H3. The Morgan fingerprint density at radius 3 is 2.80 bits per heavy atom. The zero-order chi connectivity index (χ0) is 17.6. The summed E-state index contributed by atoms with van der Waals surface area (Å²) in [6, 6.07) is 4.43. The van der Waals surface area contributed by atoms with Crippen LogP contribution in [0.5, 0.6) is 0 Å². The van der Waals surface area contributed by atoms with E-state index in [2.05, 4.69) is 15.2 Å². The van der Waals surface area contributed by atoms with E-state index in [0.29, 0.717) is 30.7 Å². The van der Waals surface area contributed by atoms with E-state index < -0.39 is 0 Å². The van der Waals surface area contributed by atoms with E-state index in [-0.39, 0.29) is 11.8 Å². The van der Waals surface area contributed by atoms with Crippen molar-refractivity contribution in [3.63, 3.8) is 0 Å². The zero-order valence-electron chi connectivity index (χ0n) is 15.0. The molecule has 0 radical (unpaired) electrons. The fraction of sp³-hybridized carbons (Fsp3) is 0.579. The number of aromatic nitrogens is 3. The minimum atomic E-state index is 0.196. The topological polar surface area (TPSA) is 72.1 Å². The summed E-state index contributed by atoms with van der Waals surface area (Å²) in [5.74, 6) is 1.61. The minimum absolute atomic E-state index is 0.196. The molecule has 1 aliphatic rings. The number of hydrogen-bond donors (Lipinski definition) is 0.